The molecule has 0 aliphatic carbocycles. The number of amides is 1. The summed E-state index contributed by atoms with van der Waals surface area (Å²) < 4.78 is 5.74. The molecular formula is C28H24Cl2N2O2. The van der Waals surface area contributed by atoms with Gasteiger partial charge in [-0.25, -0.2) is 0 Å². The summed E-state index contributed by atoms with van der Waals surface area (Å²) in [5, 5.41) is 6.46. The molecule has 6 heteroatoms. The van der Waals surface area contributed by atoms with Crippen LogP contribution < -0.4 is 15.0 Å². The molecule has 1 amide bonds. The molecule has 0 spiro atoms. The van der Waals surface area contributed by atoms with Crippen LogP contribution in [0.4, 0.5) is 11.4 Å². The van der Waals surface area contributed by atoms with E-state index in [0.29, 0.717) is 23.1 Å². The van der Waals surface area contributed by atoms with Crippen molar-refractivity contribution in [2.75, 3.05) is 30.9 Å². The summed E-state index contributed by atoms with van der Waals surface area (Å²) in [6, 6.07) is 23.5. The summed E-state index contributed by atoms with van der Waals surface area (Å²) in [5.41, 5.74) is 4.62. The first-order chi connectivity index (χ1) is 16.4. The molecule has 4 aromatic rings. The van der Waals surface area contributed by atoms with Crippen LogP contribution in [-0.4, -0.2) is 26.6 Å². The van der Waals surface area contributed by atoms with E-state index in [1.165, 1.54) is 0 Å². The number of anilines is 2. The van der Waals surface area contributed by atoms with Gasteiger partial charge in [-0.1, -0.05) is 65.7 Å². The lowest BCUT2D eigenvalue weighted by Gasteiger charge is -2.27. The number of fused-ring (bicyclic) bond motifs is 2. The van der Waals surface area contributed by atoms with Gasteiger partial charge in [-0.3, -0.25) is 4.79 Å². The lowest BCUT2D eigenvalue weighted by atomic mass is 9.92. The van der Waals surface area contributed by atoms with Crippen molar-refractivity contribution >= 4 is 51.3 Å². The highest BCUT2D eigenvalue weighted by molar-refractivity contribution is 6.35. The van der Waals surface area contributed by atoms with Crippen LogP contribution in [0.1, 0.15) is 17.9 Å². The van der Waals surface area contributed by atoms with E-state index in [1.54, 1.807) is 6.07 Å². The first kappa shape index (κ1) is 22.6. The maximum atomic E-state index is 13.4. The van der Waals surface area contributed by atoms with E-state index in [0.717, 1.165) is 44.6 Å². The Morgan fingerprint density at radius 2 is 1.71 bits per heavy atom. The molecule has 172 valence electrons. The van der Waals surface area contributed by atoms with Crippen LogP contribution in [0.3, 0.4) is 0 Å². The highest BCUT2D eigenvalue weighted by Gasteiger charge is 2.28. The molecule has 1 aliphatic heterocycles. The Morgan fingerprint density at radius 1 is 0.941 bits per heavy atom. The van der Waals surface area contributed by atoms with Gasteiger partial charge in [0, 0.05) is 35.1 Å². The number of ether oxygens (including phenoxy) is 1. The van der Waals surface area contributed by atoms with Gasteiger partial charge in [0.1, 0.15) is 5.75 Å². The molecule has 1 heterocycles. The highest BCUT2D eigenvalue weighted by atomic mass is 35.5. The van der Waals surface area contributed by atoms with Crippen LogP contribution in [0.5, 0.6) is 5.75 Å². The summed E-state index contributed by atoms with van der Waals surface area (Å²) in [4.78, 5) is 15.4. The molecule has 0 unspecified atom stereocenters. The van der Waals surface area contributed by atoms with Crippen molar-refractivity contribution in [2.45, 2.75) is 12.3 Å². The van der Waals surface area contributed by atoms with E-state index in [2.05, 4.69) is 17.4 Å². The van der Waals surface area contributed by atoms with Gasteiger partial charge in [-0.15, -0.1) is 0 Å². The average Bonchev–Trinajstić information content (AvgIpc) is 2.82. The SMILES string of the molecule is CN(C)c1c(NC(=O)[C@@H]2CCOc3ccccc32)ccc2c(-c3cc(Cl)cc(Cl)c3)cccc12. The van der Waals surface area contributed by atoms with Crippen LogP contribution in [0.25, 0.3) is 21.9 Å². The summed E-state index contributed by atoms with van der Waals surface area (Å²) in [6.45, 7) is 0.527. The number of carbonyl (C=O) groups is 1. The van der Waals surface area contributed by atoms with Gasteiger partial charge < -0.3 is 15.0 Å². The van der Waals surface area contributed by atoms with Gasteiger partial charge in [-0.05, 0) is 53.3 Å². The molecule has 4 aromatic carbocycles. The van der Waals surface area contributed by atoms with Gasteiger partial charge in [0.05, 0.1) is 23.9 Å². The first-order valence-electron chi connectivity index (χ1n) is 11.1. The van der Waals surface area contributed by atoms with E-state index >= 15 is 0 Å². The monoisotopic (exact) mass is 490 g/mol. The standard InChI is InChI=1S/C28H24Cl2N2O2/c1-32(2)27-23-8-5-7-20(17-14-18(29)16-19(30)15-17)21(23)10-11-25(27)31-28(33)24-12-13-34-26-9-4-3-6-22(24)26/h3-11,14-16,24H,12-13H2,1-2H3,(H,31,33)/t24-/m1/s1. The minimum atomic E-state index is -0.254. The molecule has 1 aliphatic rings. The molecule has 0 saturated carbocycles. The third kappa shape index (κ3) is 4.20. The fraction of sp³-hybridized carbons (Fsp3) is 0.179. The van der Waals surface area contributed by atoms with Crippen LogP contribution in [0.2, 0.25) is 10.0 Å². The number of rotatable bonds is 4. The zero-order valence-corrected chi connectivity index (χ0v) is 20.5. The third-order valence-corrected chi connectivity index (χ3v) is 6.62. The molecule has 34 heavy (non-hydrogen) atoms. The number of nitrogens with zero attached hydrogens (tertiary/aromatic N) is 1. The van der Waals surface area contributed by atoms with Crippen molar-refractivity contribution in [3.8, 4) is 16.9 Å². The lowest BCUT2D eigenvalue weighted by Crippen LogP contribution is -2.27. The Balaban J connectivity index is 1.57. The Labute approximate surface area is 209 Å². The number of carbonyl (C=O) groups excluding carboxylic acids is 1. The van der Waals surface area contributed by atoms with Gasteiger partial charge in [0.15, 0.2) is 0 Å². The van der Waals surface area contributed by atoms with E-state index in [4.69, 9.17) is 27.9 Å². The van der Waals surface area contributed by atoms with Gasteiger partial charge in [-0.2, -0.15) is 0 Å². The summed E-state index contributed by atoms with van der Waals surface area (Å²) in [6.07, 6.45) is 0.646. The molecule has 1 N–H and O–H groups in total. The van der Waals surface area contributed by atoms with E-state index in [1.807, 2.05) is 73.6 Å². The van der Waals surface area contributed by atoms with Crippen molar-refractivity contribution in [2.24, 2.45) is 0 Å². The zero-order valence-electron chi connectivity index (χ0n) is 18.9. The van der Waals surface area contributed by atoms with E-state index in [-0.39, 0.29) is 11.8 Å². The predicted molar refractivity (Wildman–Crippen MR) is 142 cm³/mol. The van der Waals surface area contributed by atoms with Gasteiger partial charge in [0.2, 0.25) is 5.91 Å². The number of hydrogen-bond acceptors (Lipinski definition) is 3. The number of nitrogens with one attached hydrogen (secondary N) is 1. The van der Waals surface area contributed by atoms with Crippen LogP contribution in [0.15, 0.2) is 72.8 Å². The van der Waals surface area contributed by atoms with Crippen LogP contribution >= 0.6 is 23.2 Å². The zero-order chi connectivity index (χ0) is 23.8. The summed E-state index contributed by atoms with van der Waals surface area (Å²) in [5.74, 6) is 0.497. The Bertz CT molecular complexity index is 1380. The van der Waals surface area contributed by atoms with Crippen molar-refractivity contribution in [1.29, 1.82) is 0 Å². The van der Waals surface area contributed by atoms with E-state index < -0.39 is 0 Å². The van der Waals surface area contributed by atoms with Crippen molar-refractivity contribution in [3.05, 3.63) is 88.4 Å². The molecule has 1 atom stereocenters. The van der Waals surface area contributed by atoms with Crippen LogP contribution in [-0.2, 0) is 4.79 Å². The second kappa shape index (κ2) is 9.21. The maximum absolute atomic E-state index is 13.4. The molecule has 5 rings (SSSR count). The number of hydrogen-bond donors (Lipinski definition) is 1. The second-order valence-electron chi connectivity index (χ2n) is 8.63. The highest BCUT2D eigenvalue weighted by Crippen LogP contribution is 2.40. The topological polar surface area (TPSA) is 41.6 Å². The molecule has 0 radical (unpaired) electrons. The quantitative estimate of drug-likeness (QED) is 0.324. The maximum Gasteiger partial charge on any atom is 0.232 e. The molecule has 0 saturated heterocycles. The van der Waals surface area contributed by atoms with Crippen LogP contribution in [0, 0.1) is 0 Å². The first-order valence-corrected chi connectivity index (χ1v) is 11.9. The Kier molecular flexibility index (Phi) is 6.11. The molecule has 0 fully saturated rings. The largest absolute Gasteiger partial charge is 0.493 e. The summed E-state index contributed by atoms with van der Waals surface area (Å²) in [7, 11) is 3.97. The molecular weight excluding hydrogens is 467 g/mol. The minimum absolute atomic E-state index is 0.0315. The van der Waals surface area contributed by atoms with Gasteiger partial charge in [0.25, 0.3) is 0 Å². The molecule has 0 bridgehead atoms. The molecule has 0 aromatic heterocycles. The fourth-order valence-corrected chi connectivity index (χ4v) is 5.25. The smallest absolute Gasteiger partial charge is 0.232 e. The van der Waals surface area contributed by atoms with Crippen molar-refractivity contribution in [3.63, 3.8) is 0 Å². The summed E-state index contributed by atoms with van der Waals surface area (Å²) >= 11 is 12.6. The lowest BCUT2D eigenvalue weighted by molar-refractivity contribution is -0.118. The average molecular weight is 491 g/mol. The van der Waals surface area contributed by atoms with Crippen molar-refractivity contribution in [1.82, 2.24) is 0 Å². The Hall–Kier alpha value is -3.21. The van der Waals surface area contributed by atoms with Gasteiger partial charge >= 0.3 is 0 Å². The third-order valence-electron chi connectivity index (χ3n) is 6.19. The fourth-order valence-electron chi connectivity index (χ4n) is 4.72. The molecule has 4 nitrogen and oxygen atoms in total. The Morgan fingerprint density at radius 3 is 2.47 bits per heavy atom. The van der Waals surface area contributed by atoms with E-state index in [9.17, 15) is 4.79 Å². The minimum Gasteiger partial charge on any atom is -0.493 e. The number of halogens is 2. The number of benzene rings is 4. The second-order valence-corrected chi connectivity index (χ2v) is 9.50. The number of para-hydroxylation sites is 1. The van der Waals surface area contributed by atoms with Crippen molar-refractivity contribution < 1.29 is 9.53 Å². The predicted octanol–water partition coefficient (Wildman–Crippen LogP) is 7.38. The normalized spacial score (nSPS) is 14.9.